The maximum Gasteiger partial charge on any atom is 0.140 e. The number of hydrogen-bond acceptors (Lipinski definition) is 2. The summed E-state index contributed by atoms with van der Waals surface area (Å²) in [5.74, 6) is 1.08. The van der Waals surface area contributed by atoms with E-state index in [1.165, 1.54) is 0 Å². The topological polar surface area (TPSA) is 45.2 Å². The molecule has 1 aromatic carbocycles. The Labute approximate surface area is 88.7 Å². The van der Waals surface area contributed by atoms with E-state index >= 15 is 0 Å². The van der Waals surface area contributed by atoms with Crippen LogP contribution in [-0.4, -0.2) is 16.7 Å². The van der Waals surface area contributed by atoms with Gasteiger partial charge in [0.2, 0.25) is 0 Å². The SMILES string of the molecule is CCCCOc1ccc2[nH]cc(O)c2c1. The first-order valence-electron chi connectivity index (χ1n) is 5.24. The van der Waals surface area contributed by atoms with Crippen LogP contribution in [0.15, 0.2) is 24.4 Å². The van der Waals surface area contributed by atoms with E-state index < -0.39 is 0 Å². The zero-order valence-electron chi connectivity index (χ0n) is 8.79. The van der Waals surface area contributed by atoms with Gasteiger partial charge in [-0.15, -0.1) is 0 Å². The third kappa shape index (κ3) is 2.06. The van der Waals surface area contributed by atoms with Crippen molar-refractivity contribution in [2.24, 2.45) is 0 Å². The number of rotatable bonds is 4. The number of unbranched alkanes of at least 4 members (excludes halogenated alkanes) is 1. The van der Waals surface area contributed by atoms with E-state index in [2.05, 4.69) is 11.9 Å². The number of aromatic nitrogens is 1. The largest absolute Gasteiger partial charge is 0.506 e. The number of ether oxygens (including phenoxy) is 1. The Hall–Kier alpha value is -1.64. The first-order chi connectivity index (χ1) is 7.31. The molecule has 0 unspecified atom stereocenters. The van der Waals surface area contributed by atoms with Crippen molar-refractivity contribution < 1.29 is 9.84 Å². The number of aromatic hydroxyl groups is 1. The van der Waals surface area contributed by atoms with Crippen molar-refractivity contribution >= 4 is 10.9 Å². The highest BCUT2D eigenvalue weighted by Crippen LogP contribution is 2.27. The van der Waals surface area contributed by atoms with E-state index in [4.69, 9.17) is 4.74 Å². The molecule has 0 spiro atoms. The average Bonchev–Trinajstić information content (AvgIpc) is 2.61. The standard InChI is InChI=1S/C12H15NO2/c1-2-3-6-15-9-4-5-11-10(7-9)12(14)8-13-11/h4-5,7-8,13-14H,2-3,6H2,1H3. The maximum atomic E-state index is 9.52. The van der Waals surface area contributed by atoms with Crippen molar-refractivity contribution in [3.05, 3.63) is 24.4 Å². The molecule has 2 N–H and O–H groups in total. The number of hydrogen-bond donors (Lipinski definition) is 2. The zero-order chi connectivity index (χ0) is 10.7. The van der Waals surface area contributed by atoms with E-state index in [9.17, 15) is 5.11 Å². The van der Waals surface area contributed by atoms with Crippen molar-refractivity contribution in [3.8, 4) is 11.5 Å². The average molecular weight is 205 g/mol. The van der Waals surface area contributed by atoms with Crippen molar-refractivity contribution in [1.82, 2.24) is 4.98 Å². The van der Waals surface area contributed by atoms with Crippen molar-refractivity contribution in [3.63, 3.8) is 0 Å². The molecule has 1 heterocycles. The number of aromatic amines is 1. The van der Waals surface area contributed by atoms with Crippen LogP contribution in [0.3, 0.4) is 0 Å². The van der Waals surface area contributed by atoms with Crippen LogP contribution in [0.4, 0.5) is 0 Å². The fraction of sp³-hybridized carbons (Fsp3) is 0.333. The summed E-state index contributed by atoms with van der Waals surface area (Å²) in [6.45, 7) is 2.86. The first-order valence-corrected chi connectivity index (χ1v) is 5.24. The normalized spacial score (nSPS) is 10.7. The molecule has 0 bridgehead atoms. The van der Waals surface area contributed by atoms with Gasteiger partial charge in [-0.25, -0.2) is 0 Å². The molecule has 0 aliphatic heterocycles. The van der Waals surface area contributed by atoms with Gasteiger partial charge in [0.15, 0.2) is 0 Å². The molecule has 15 heavy (non-hydrogen) atoms. The van der Waals surface area contributed by atoms with Crippen molar-refractivity contribution in [2.75, 3.05) is 6.61 Å². The minimum Gasteiger partial charge on any atom is -0.506 e. The molecule has 0 amide bonds. The van der Waals surface area contributed by atoms with Gasteiger partial charge in [0.1, 0.15) is 11.5 Å². The molecule has 0 saturated carbocycles. The fourth-order valence-electron chi connectivity index (χ4n) is 1.51. The second-order valence-corrected chi connectivity index (χ2v) is 3.58. The molecule has 3 heteroatoms. The molecule has 1 aromatic heterocycles. The van der Waals surface area contributed by atoms with Crippen molar-refractivity contribution in [2.45, 2.75) is 19.8 Å². The van der Waals surface area contributed by atoms with Crippen LogP contribution in [0.5, 0.6) is 11.5 Å². The lowest BCUT2D eigenvalue weighted by Gasteiger charge is -2.04. The highest BCUT2D eigenvalue weighted by Gasteiger charge is 2.03. The molecule has 0 aliphatic rings. The predicted molar refractivity (Wildman–Crippen MR) is 60.4 cm³/mol. The molecule has 0 fully saturated rings. The van der Waals surface area contributed by atoms with Crippen LogP contribution < -0.4 is 4.74 Å². The van der Waals surface area contributed by atoms with E-state index in [1.54, 1.807) is 6.20 Å². The molecule has 80 valence electrons. The maximum absolute atomic E-state index is 9.52. The quantitative estimate of drug-likeness (QED) is 0.753. The molecule has 2 aromatic rings. The molecule has 3 nitrogen and oxygen atoms in total. The van der Waals surface area contributed by atoms with E-state index in [0.717, 1.165) is 36.1 Å². The summed E-state index contributed by atoms with van der Waals surface area (Å²) in [6, 6.07) is 5.68. The summed E-state index contributed by atoms with van der Waals surface area (Å²) in [4.78, 5) is 2.98. The van der Waals surface area contributed by atoms with Gasteiger partial charge < -0.3 is 14.8 Å². The molecular formula is C12H15NO2. The number of benzene rings is 1. The lowest BCUT2D eigenvalue weighted by atomic mass is 10.2. The second kappa shape index (κ2) is 4.26. The highest BCUT2D eigenvalue weighted by molar-refractivity contribution is 5.86. The van der Waals surface area contributed by atoms with E-state index in [0.29, 0.717) is 0 Å². The van der Waals surface area contributed by atoms with Gasteiger partial charge in [-0.3, -0.25) is 0 Å². The van der Waals surface area contributed by atoms with Crippen LogP contribution in [-0.2, 0) is 0 Å². The summed E-state index contributed by atoms with van der Waals surface area (Å²) in [6.07, 6.45) is 3.76. The van der Waals surface area contributed by atoms with Gasteiger partial charge in [-0.1, -0.05) is 13.3 Å². The molecule has 0 atom stereocenters. The van der Waals surface area contributed by atoms with Crippen LogP contribution >= 0.6 is 0 Å². The van der Waals surface area contributed by atoms with E-state index in [1.807, 2.05) is 18.2 Å². The minimum absolute atomic E-state index is 0.269. The Morgan fingerprint density at radius 2 is 2.27 bits per heavy atom. The summed E-state index contributed by atoms with van der Waals surface area (Å²) in [7, 11) is 0. The van der Waals surface area contributed by atoms with Gasteiger partial charge in [0.25, 0.3) is 0 Å². The number of fused-ring (bicyclic) bond motifs is 1. The Bertz CT molecular complexity index is 448. The molecule has 0 radical (unpaired) electrons. The van der Waals surface area contributed by atoms with Gasteiger partial charge in [-0.2, -0.15) is 0 Å². The minimum atomic E-state index is 0.269. The molecule has 0 saturated heterocycles. The first kappa shape index (κ1) is 9.90. The summed E-state index contributed by atoms with van der Waals surface area (Å²) in [5.41, 5.74) is 0.926. The number of H-pyrrole nitrogens is 1. The lowest BCUT2D eigenvalue weighted by Crippen LogP contribution is -1.95. The summed E-state index contributed by atoms with van der Waals surface area (Å²) < 4.78 is 5.55. The zero-order valence-corrected chi connectivity index (χ0v) is 8.79. The second-order valence-electron chi connectivity index (χ2n) is 3.58. The molecule has 2 rings (SSSR count). The van der Waals surface area contributed by atoms with Gasteiger partial charge >= 0.3 is 0 Å². The van der Waals surface area contributed by atoms with Crippen molar-refractivity contribution in [1.29, 1.82) is 0 Å². The smallest absolute Gasteiger partial charge is 0.140 e. The third-order valence-corrected chi connectivity index (χ3v) is 2.40. The Morgan fingerprint density at radius 1 is 1.40 bits per heavy atom. The summed E-state index contributed by atoms with van der Waals surface area (Å²) in [5, 5.41) is 10.3. The molecular weight excluding hydrogens is 190 g/mol. The fourth-order valence-corrected chi connectivity index (χ4v) is 1.51. The Morgan fingerprint density at radius 3 is 3.07 bits per heavy atom. The summed E-state index contributed by atoms with van der Waals surface area (Å²) >= 11 is 0. The van der Waals surface area contributed by atoms with E-state index in [-0.39, 0.29) is 5.75 Å². The van der Waals surface area contributed by atoms with Gasteiger partial charge in [0, 0.05) is 17.1 Å². The third-order valence-electron chi connectivity index (χ3n) is 2.40. The van der Waals surface area contributed by atoms with Crippen LogP contribution in [0.2, 0.25) is 0 Å². The molecule has 0 aliphatic carbocycles. The van der Waals surface area contributed by atoms with Crippen LogP contribution in [0.1, 0.15) is 19.8 Å². The highest BCUT2D eigenvalue weighted by atomic mass is 16.5. The van der Waals surface area contributed by atoms with Crippen LogP contribution in [0.25, 0.3) is 10.9 Å². The Balaban J connectivity index is 2.18. The lowest BCUT2D eigenvalue weighted by molar-refractivity contribution is 0.309. The number of nitrogens with one attached hydrogen (secondary N) is 1. The van der Waals surface area contributed by atoms with Crippen LogP contribution in [0, 0.1) is 0 Å². The predicted octanol–water partition coefficient (Wildman–Crippen LogP) is 3.05. The van der Waals surface area contributed by atoms with Gasteiger partial charge in [0.05, 0.1) is 6.61 Å². The van der Waals surface area contributed by atoms with Gasteiger partial charge in [-0.05, 0) is 24.6 Å². The Kier molecular flexibility index (Phi) is 2.81. The monoisotopic (exact) mass is 205 g/mol.